The van der Waals surface area contributed by atoms with Gasteiger partial charge in [0.2, 0.25) is 12.3 Å². The Bertz CT molecular complexity index is 1270. The van der Waals surface area contributed by atoms with Gasteiger partial charge in [0.25, 0.3) is 0 Å². The number of methoxy groups -OCH3 is 1. The highest BCUT2D eigenvalue weighted by Gasteiger charge is 2.25. The molecule has 2 heterocycles. The van der Waals surface area contributed by atoms with E-state index in [0.717, 1.165) is 62.5 Å². The van der Waals surface area contributed by atoms with Gasteiger partial charge in [-0.1, -0.05) is 13.0 Å². The van der Waals surface area contributed by atoms with Crippen molar-refractivity contribution in [3.63, 3.8) is 0 Å². The van der Waals surface area contributed by atoms with E-state index in [1.807, 2.05) is 18.2 Å². The number of aromatic hydroxyl groups is 1. The van der Waals surface area contributed by atoms with Gasteiger partial charge in [-0.05, 0) is 42.1 Å². The summed E-state index contributed by atoms with van der Waals surface area (Å²) in [5.74, 6) is 2.25. The van der Waals surface area contributed by atoms with Crippen LogP contribution in [0, 0.1) is 0 Å². The largest absolute Gasteiger partial charge is 1.00 e. The molecule has 5 nitrogen and oxygen atoms in total. The maximum atomic E-state index is 10.9. The highest BCUT2D eigenvalue weighted by atomic mass is 35.5. The lowest BCUT2D eigenvalue weighted by Gasteiger charge is -2.13. The molecule has 1 N–H and O–H groups in total. The van der Waals surface area contributed by atoms with Crippen molar-refractivity contribution in [3.05, 3.63) is 42.1 Å². The van der Waals surface area contributed by atoms with Crippen LogP contribution in [0.1, 0.15) is 19.0 Å². The number of benzene rings is 3. The summed E-state index contributed by atoms with van der Waals surface area (Å²) in [6.07, 6.45) is 1.83. The van der Waals surface area contributed by atoms with E-state index in [4.69, 9.17) is 14.2 Å². The van der Waals surface area contributed by atoms with Gasteiger partial charge in [-0.3, -0.25) is 0 Å². The summed E-state index contributed by atoms with van der Waals surface area (Å²) in [5.41, 5.74) is 2.21. The number of halogens is 1. The Morgan fingerprint density at radius 3 is 2.48 bits per heavy atom. The average molecular weight is 412 g/mol. The van der Waals surface area contributed by atoms with Crippen LogP contribution < -0.4 is 31.2 Å². The predicted octanol–water partition coefficient (Wildman–Crippen LogP) is 1.37. The SMILES string of the molecule is CCCc1c2c(O)c(OC)ccc2c2ccc3cc4c(cc3c2[n+]1C)OCO4.[Cl-]. The van der Waals surface area contributed by atoms with E-state index in [1.54, 1.807) is 7.11 Å². The first-order chi connectivity index (χ1) is 13.6. The van der Waals surface area contributed by atoms with Gasteiger partial charge in [0.05, 0.1) is 23.3 Å². The van der Waals surface area contributed by atoms with E-state index in [-0.39, 0.29) is 24.9 Å². The van der Waals surface area contributed by atoms with Gasteiger partial charge in [0, 0.05) is 11.8 Å². The Labute approximate surface area is 174 Å². The summed E-state index contributed by atoms with van der Waals surface area (Å²) in [5, 5.41) is 16.1. The molecule has 4 aromatic rings. The molecule has 6 heteroatoms. The number of fused-ring (bicyclic) bond motifs is 6. The Morgan fingerprint density at radius 1 is 1.03 bits per heavy atom. The molecular weight excluding hydrogens is 390 g/mol. The van der Waals surface area contributed by atoms with E-state index < -0.39 is 0 Å². The molecule has 0 saturated heterocycles. The first-order valence-electron chi connectivity index (χ1n) is 9.50. The fraction of sp³-hybridized carbons (Fsp3) is 0.261. The van der Waals surface area contributed by atoms with Crippen LogP contribution in [0.3, 0.4) is 0 Å². The summed E-state index contributed by atoms with van der Waals surface area (Å²) in [6, 6.07) is 12.2. The molecule has 1 aliphatic heterocycles. The average Bonchev–Trinajstić information content (AvgIpc) is 3.16. The zero-order valence-corrected chi connectivity index (χ0v) is 17.3. The first kappa shape index (κ1) is 19.4. The molecule has 0 bridgehead atoms. The number of nitrogens with zero attached hydrogens (tertiary/aromatic N) is 1. The van der Waals surface area contributed by atoms with E-state index in [1.165, 1.54) is 0 Å². The summed E-state index contributed by atoms with van der Waals surface area (Å²) < 4.78 is 18.7. The number of aryl methyl sites for hydroxylation is 2. The van der Waals surface area contributed by atoms with Crippen molar-refractivity contribution in [2.75, 3.05) is 13.9 Å². The van der Waals surface area contributed by atoms with Crippen molar-refractivity contribution in [2.45, 2.75) is 19.8 Å². The molecule has 0 amide bonds. The fourth-order valence-corrected chi connectivity index (χ4v) is 4.36. The highest BCUT2D eigenvalue weighted by Crippen LogP contribution is 2.42. The third-order valence-electron chi connectivity index (χ3n) is 5.65. The van der Waals surface area contributed by atoms with Gasteiger partial charge in [-0.2, -0.15) is 4.57 Å². The molecule has 0 spiro atoms. The minimum atomic E-state index is 0. The molecule has 3 aromatic carbocycles. The van der Waals surface area contributed by atoms with Gasteiger partial charge in [0.1, 0.15) is 7.05 Å². The Kier molecular flexibility index (Phi) is 4.79. The zero-order chi connectivity index (χ0) is 19.4. The van der Waals surface area contributed by atoms with Crippen molar-refractivity contribution in [1.29, 1.82) is 0 Å². The predicted molar refractivity (Wildman–Crippen MR) is 108 cm³/mol. The summed E-state index contributed by atoms with van der Waals surface area (Å²) in [4.78, 5) is 0. The smallest absolute Gasteiger partial charge is 0.231 e. The van der Waals surface area contributed by atoms with Gasteiger partial charge in [0.15, 0.2) is 28.7 Å². The maximum Gasteiger partial charge on any atom is 0.231 e. The standard InChI is InChI=1S/C23H21NO4.ClH/c1-4-5-17-21-14(8-9-18(26-3)23(21)25)15-7-6-13-10-19-20(28-12-27-19)11-16(13)22(15)24(17)2;/h6-11H,4-5,12H2,1-3H3;1H. The monoisotopic (exact) mass is 411 g/mol. The van der Waals surface area contributed by atoms with Crippen LogP contribution in [-0.2, 0) is 13.5 Å². The summed E-state index contributed by atoms with van der Waals surface area (Å²) in [7, 11) is 3.65. The fourth-order valence-electron chi connectivity index (χ4n) is 4.36. The Balaban J connectivity index is 0.00000205. The normalized spacial score (nSPS) is 12.5. The van der Waals surface area contributed by atoms with Crippen molar-refractivity contribution in [3.8, 4) is 23.0 Å². The number of hydrogen-bond donors (Lipinski definition) is 1. The van der Waals surface area contributed by atoms with E-state index in [9.17, 15) is 5.11 Å². The van der Waals surface area contributed by atoms with Crippen LogP contribution in [-0.4, -0.2) is 19.0 Å². The Morgan fingerprint density at radius 2 is 1.76 bits per heavy atom. The quantitative estimate of drug-likeness (QED) is 0.408. The van der Waals surface area contributed by atoms with Crippen LogP contribution >= 0.6 is 0 Å². The van der Waals surface area contributed by atoms with Crippen molar-refractivity contribution in [2.24, 2.45) is 7.05 Å². The number of ether oxygens (including phenoxy) is 3. The number of phenolic OH excluding ortho intramolecular Hbond substituents is 1. The lowest BCUT2D eigenvalue weighted by atomic mass is 9.96. The molecule has 0 unspecified atom stereocenters. The van der Waals surface area contributed by atoms with Crippen molar-refractivity contribution in [1.82, 2.24) is 0 Å². The maximum absolute atomic E-state index is 10.9. The number of rotatable bonds is 3. The second kappa shape index (κ2) is 7.16. The molecule has 1 aliphatic rings. The van der Waals surface area contributed by atoms with Crippen LogP contribution in [0.4, 0.5) is 0 Å². The molecule has 29 heavy (non-hydrogen) atoms. The lowest BCUT2D eigenvalue weighted by Crippen LogP contribution is -3.00. The van der Waals surface area contributed by atoms with Crippen LogP contribution in [0.5, 0.6) is 23.0 Å². The second-order valence-corrected chi connectivity index (χ2v) is 7.18. The van der Waals surface area contributed by atoms with E-state index in [0.29, 0.717) is 5.75 Å². The second-order valence-electron chi connectivity index (χ2n) is 7.18. The molecule has 150 valence electrons. The summed E-state index contributed by atoms with van der Waals surface area (Å²) >= 11 is 0. The van der Waals surface area contributed by atoms with Crippen molar-refractivity contribution >= 4 is 32.4 Å². The number of pyridine rings is 1. The number of hydrogen-bond acceptors (Lipinski definition) is 4. The number of aromatic nitrogens is 1. The summed E-state index contributed by atoms with van der Waals surface area (Å²) in [6.45, 7) is 2.40. The highest BCUT2D eigenvalue weighted by molar-refractivity contribution is 6.15. The number of phenols is 1. The molecular formula is C23H22ClNO4. The molecule has 0 saturated carbocycles. The molecule has 0 aliphatic carbocycles. The molecule has 5 rings (SSSR count). The molecule has 0 radical (unpaired) electrons. The van der Waals surface area contributed by atoms with Crippen LogP contribution in [0.15, 0.2) is 36.4 Å². The van der Waals surface area contributed by atoms with Gasteiger partial charge in [-0.25, -0.2) is 0 Å². The van der Waals surface area contributed by atoms with Crippen molar-refractivity contribution < 1.29 is 36.3 Å². The minimum Gasteiger partial charge on any atom is -1.00 e. The Hall–Kier alpha value is -2.92. The lowest BCUT2D eigenvalue weighted by molar-refractivity contribution is -0.650. The van der Waals surface area contributed by atoms with E-state index in [2.05, 4.69) is 36.7 Å². The van der Waals surface area contributed by atoms with Crippen LogP contribution in [0.2, 0.25) is 0 Å². The zero-order valence-electron chi connectivity index (χ0n) is 16.6. The van der Waals surface area contributed by atoms with Gasteiger partial charge < -0.3 is 31.7 Å². The molecule has 0 atom stereocenters. The topological polar surface area (TPSA) is 51.8 Å². The third kappa shape index (κ3) is 2.72. The van der Waals surface area contributed by atoms with Gasteiger partial charge >= 0.3 is 0 Å². The molecule has 0 fully saturated rings. The molecule has 1 aromatic heterocycles. The third-order valence-corrected chi connectivity index (χ3v) is 5.65. The van der Waals surface area contributed by atoms with Gasteiger partial charge in [-0.15, -0.1) is 0 Å². The van der Waals surface area contributed by atoms with E-state index >= 15 is 0 Å². The minimum absolute atomic E-state index is 0. The first-order valence-corrected chi connectivity index (χ1v) is 9.50. The van der Waals surface area contributed by atoms with Crippen LogP contribution in [0.25, 0.3) is 32.4 Å².